The van der Waals surface area contributed by atoms with Crippen molar-refractivity contribution < 1.29 is 4.42 Å². The molecule has 11 rings (SSSR count). The summed E-state index contributed by atoms with van der Waals surface area (Å²) < 4.78 is 6.71. The normalized spacial score (nSPS) is 14.4. The Bertz CT molecular complexity index is 3070. The first-order valence-electron chi connectivity index (χ1n) is 20.0. The number of aryl methyl sites for hydroxylation is 1. The minimum Gasteiger partial charge on any atom is -0.455 e. The lowest BCUT2D eigenvalue weighted by Crippen LogP contribution is -2.29. The smallest absolute Gasteiger partial charge is 0.143 e. The summed E-state index contributed by atoms with van der Waals surface area (Å²) in [6, 6.07) is 79.1. The average molecular weight is 742 g/mol. The molecule has 0 spiro atoms. The van der Waals surface area contributed by atoms with Crippen LogP contribution in [0.5, 0.6) is 0 Å². The van der Waals surface area contributed by atoms with Gasteiger partial charge in [0.05, 0.1) is 5.41 Å². The first kappa shape index (κ1) is 33.9. The second-order valence-corrected chi connectivity index (χ2v) is 15.3. The van der Waals surface area contributed by atoms with Crippen LogP contribution in [0.25, 0.3) is 55.3 Å². The molecule has 274 valence electrons. The van der Waals surface area contributed by atoms with Gasteiger partial charge in [-0.05, 0) is 123 Å². The fraction of sp³-hybridized carbons (Fsp3) is 0.0357. The molecule has 0 aliphatic heterocycles. The maximum Gasteiger partial charge on any atom is 0.143 e. The van der Waals surface area contributed by atoms with Crippen LogP contribution in [0.1, 0.15) is 27.8 Å². The zero-order valence-corrected chi connectivity index (χ0v) is 32.1. The van der Waals surface area contributed by atoms with Crippen LogP contribution in [-0.4, -0.2) is 0 Å². The van der Waals surface area contributed by atoms with Crippen LogP contribution in [-0.2, 0) is 5.41 Å². The van der Waals surface area contributed by atoms with Gasteiger partial charge in [0.1, 0.15) is 11.2 Å². The third-order valence-corrected chi connectivity index (χ3v) is 12.1. The molecule has 1 unspecified atom stereocenters. The molecule has 1 aliphatic carbocycles. The zero-order valence-electron chi connectivity index (χ0n) is 32.1. The van der Waals surface area contributed by atoms with Crippen LogP contribution >= 0.6 is 0 Å². The Hall–Kier alpha value is -7.42. The summed E-state index contributed by atoms with van der Waals surface area (Å²) >= 11 is 0. The van der Waals surface area contributed by atoms with E-state index in [9.17, 15) is 0 Å². The monoisotopic (exact) mass is 741 g/mol. The topological polar surface area (TPSA) is 16.4 Å². The van der Waals surface area contributed by atoms with E-state index in [4.69, 9.17) is 4.42 Å². The second-order valence-electron chi connectivity index (χ2n) is 15.3. The Labute approximate surface area is 338 Å². The number of benzene rings is 9. The molecule has 1 aliphatic rings. The van der Waals surface area contributed by atoms with E-state index in [0.717, 1.165) is 55.7 Å². The van der Waals surface area contributed by atoms with Gasteiger partial charge in [-0.3, -0.25) is 0 Å². The lowest BCUT2D eigenvalue weighted by Gasteiger charge is -2.35. The van der Waals surface area contributed by atoms with E-state index in [1.54, 1.807) is 0 Å². The molecule has 58 heavy (non-hydrogen) atoms. The van der Waals surface area contributed by atoms with E-state index in [1.165, 1.54) is 44.5 Å². The number of hydrogen-bond donors (Lipinski definition) is 0. The summed E-state index contributed by atoms with van der Waals surface area (Å²) in [7, 11) is 0. The minimum absolute atomic E-state index is 0.483. The first-order chi connectivity index (χ1) is 28.7. The van der Waals surface area contributed by atoms with Gasteiger partial charge in [0.15, 0.2) is 0 Å². The van der Waals surface area contributed by atoms with Crippen molar-refractivity contribution in [3.05, 3.63) is 246 Å². The van der Waals surface area contributed by atoms with Gasteiger partial charge in [-0.1, -0.05) is 158 Å². The SMILES string of the molecule is Cc1ccccc1C1(c2ccccc2)c2ccccc2-c2ccc(-c3cc(-c4ccc(N(c5ccccc5)c5ccccc5)cc4)c4oc5ccccc5c4c3)cc21. The third-order valence-electron chi connectivity index (χ3n) is 12.1. The Morgan fingerprint density at radius 2 is 0.948 bits per heavy atom. The maximum absolute atomic E-state index is 6.71. The van der Waals surface area contributed by atoms with Gasteiger partial charge in [0.2, 0.25) is 0 Å². The Kier molecular flexibility index (Phi) is 7.97. The summed E-state index contributed by atoms with van der Waals surface area (Å²) in [6.45, 7) is 2.25. The first-order valence-corrected chi connectivity index (χ1v) is 20.0. The molecule has 1 aromatic heterocycles. The van der Waals surface area contributed by atoms with Gasteiger partial charge in [0, 0.05) is 33.4 Å². The number of nitrogens with zero attached hydrogens (tertiary/aromatic N) is 1. The predicted octanol–water partition coefficient (Wildman–Crippen LogP) is 15.1. The van der Waals surface area contributed by atoms with Gasteiger partial charge >= 0.3 is 0 Å². The van der Waals surface area contributed by atoms with Gasteiger partial charge < -0.3 is 9.32 Å². The molecule has 9 aromatic carbocycles. The molecule has 10 aromatic rings. The molecule has 0 bridgehead atoms. The molecule has 0 amide bonds. The molecule has 2 heteroatoms. The highest BCUT2D eigenvalue weighted by molar-refractivity contribution is 6.11. The molecule has 0 fully saturated rings. The Balaban J connectivity index is 1.12. The lowest BCUT2D eigenvalue weighted by atomic mass is 9.66. The molecule has 0 N–H and O–H groups in total. The van der Waals surface area contributed by atoms with Gasteiger partial charge in [-0.2, -0.15) is 0 Å². The Morgan fingerprint density at radius 3 is 1.67 bits per heavy atom. The highest BCUT2D eigenvalue weighted by Gasteiger charge is 2.46. The van der Waals surface area contributed by atoms with E-state index in [0.29, 0.717) is 0 Å². The van der Waals surface area contributed by atoms with Crippen molar-refractivity contribution in [3.8, 4) is 33.4 Å². The van der Waals surface area contributed by atoms with Gasteiger partial charge in [0.25, 0.3) is 0 Å². The number of anilines is 3. The molecular formula is C56H39NO. The highest BCUT2D eigenvalue weighted by atomic mass is 16.3. The summed E-state index contributed by atoms with van der Waals surface area (Å²) in [5.41, 5.74) is 18.1. The number of para-hydroxylation sites is 3. The van der Waals surface area contributed by atoms with Crippen LogP contribution in [0.3, 0.4) is 0 Å². The van der Waals surface area contributed by atoms with Crippen LogP contribution in [0.4, 0.5) is 17.1 Å². The van der Waals surface area contributed by atoms with Crippen molar-refractivity contribution in [2.75, 3.05) is 4.90 Å². The Morgan fingerprint density at radius 1 is 0.379 bits per heavy atom. The van der Waals surface area contributed by atoms with Crippen molar-refractivity contribution in [3.63, 3.8) is 0 Å². The van der Waals surface area contributed by atoms with E-state index in [1.807, 2.05) is 0 Å². The third kappa shape index (κ3) is 5.26. The van der Waals surface area contributed by atoms with Crippen LogP contribution in [0.15, 0.2) is 223 Å². The molecule has 0 radical (unpaired) electrons. The van der Waals surface area contributed by atoms with Crippen molar-refractivity contribution >= 4 is 39.0 Å². The van der Waals surface area contributed by atoms with Gasteiger partial charge in [-0.25, -0.2) is 0 Å². The molecular weight excluding hydrogens is 703 g/mol. The maximum atomic E-state index is 6.71. The van der Waals surface area contributed by atoms with E-state index in [2.05, 4.69) is 230 Å². The molecule has 0 saturated carbocycles. The summed E-state index contributed by atoms with van der Waals surface area (Å²) in [4.78, 5) is 2.30. The van der Waals surface area contributed by atoms with Crippen LogP contribution in [0, 0.1) is 6.92 Å². The van der Waals surface area contributed by atoms with Crippen LogP contribution in [0.2, 0.25) is 0 Å². The minimum atomic E-state index is -0.483. The predicted molar refractivity (Wildman–Crippen MR) is 241 cm³/mol. The van der Waals surface area contributed by atoms with Crippen molar-refractivity contribution in [2.45, 2.75) is 12.3 Å². The number of hydrogen-bond acceptors (Lipinski definition) is 2. The van der Waals surface area contributed by atoms with Gasteiger partial charge in [-0.15, -0.1) is 0 Å². The van der Waals surface area contributed by atoms with E-state index >= 15 is 0 Å². The number of furan rings is 1. The summed E-state index contributed by atoms with van der Waals surface area (Å²) in [5.74, 6) is 0. The standard InChI is InChI=1S/C56H39NO/c1-38-17-11-14-26-51(38)56(42-18-5-2-6-19-42)52-27-15-12-24-46(52)47-34-31-40(37-53(47)56)41-35-49(55-50(36-41)48-25-13-16-28-54(48)58-55)39-29-32-45(33-30-39)57(43-20-7-3-8-21-43)44-22-9-4-10-23-44/h2-37H,1H3. The number of rotatable bonds is 7. The highest BCUT2D eigenvalue weighted by Crippen LogP contribution is 2.57. The van der Waals surface area contributed by atoms with Crippen molar-refractivity contribution in [1.82, 2.24) is 0 Å². The quantitative estimate of drug-likeness (QED) is 0.162. The number of fused-ring (bicyclic) bond motifs is 6. The molecule has 2 nitrogen and oxygen atoms in total. The van der Waals surface area contributed by atoms with E-state index in [-0.39, 0.29) is 0 Å². The fourth-order valence-corrected chi connectivity index (χ4v) is 9.50. The summed E-state index contributed by atoms with van der Waals surface area (Å²) in [5, 5.41) is 2.23. The summed E-state index contributed by atoms with van der Waals surface area (Å²) in [6.07, 6.45) is 0. The molecule has 0 saturated heterocycles. The second kappa shape index (κ2) is 13.7. The van der Waals surface area contributed by atoms with Crippen molar-refractivity contribution in [1.29, 1.82) is 0 Å². The van der Waals surface area contributed by atoms with E-state index < -0.39 is 5.41 Å². The lowest BCUT2D eigenvalue weighted by molar-refractivity contribution is 0.670. The zero-order chi connectivity index (χ0) is 38.6. The van der Waals surface area contributed by atoms with Crippen LogP contribution < -0.4 is 4.90 Å². The fourth-order valence-electron chi connectivity index (χ4n) is 9.50. The van der Waals surface area contributed by atoms with Crippen molar-refractivity contribution in [2.24, 2.45) is 0 Å². The molecule has 1 atom stereocenters. The average Bonchev–Trinajstić information content (AvgIpc) is 3.81. The molecule has 1 heterocycles. The largest absolute Gasteiger partial charge is 0.455 e.